The van der Waals surface area contributed by atoms with E-state index in [1.807, 2.05) is 0 Å². The normalized spacial score (nSPS) is 16.6. The Bertz CT molecular complexity index is 529. The molecule has 0 spiro atoms. The van der Waals surface area contributed by atoms with Crippen LogP contribution in [-0.4, -0.2) is 23.6 Å². The molecule has 0 radical (unpaired) electrons. The first-order chi connectivity index (χ1) is 6.97. The van der Waals surface area contributed by atoms with Gasteiger partial charge in [0.2, 0.25) is 0 Å². The largest absolute Gasteiger partial charge is 0.311 e. The molecular formula is C9H12N2O3S. The molecular weight excluding hydrogens is 216 g/mol. The van der Waals surface area contributed by atoms with Crippen LogP contribution < -0.4 is 5.56 Å². The predicted octanol–water partition coefficient (Wildman–Crippen LogP) is 0.156. The second-order valence-corrected chi connectivity index (χ2v) is 6.11. The SMILES string of the molecule is Cc1nc(CS(=O)(=O)C2CC2)cc(=O)[nH]1. The van der Waals surface area contributed by atoms with Gasteiger partial charge in [-0.05, 0) is 19.8 Å². The monoisotopic (exact) mass is 228 g/mol. The molecule has 82 valence electrons. The van der Waals surface area contributed by atoms with E-state index in [0.29, 0.717) is 11.5 Å². The summed E-state index contributed by atoms with van der Waals surface area (Å²) < 4.78 is 23.3. The van der Waals surface area contributed by atoms with Crippen molar-refractivity contribution in [3.05, 3.63) is 27.9 Å². The Balaban J connectivity index is 2.27. The highest BCUT2D eigenvalue weighted by molar-refractivity contribution is 7.91. The number of nitrogens with one attached hydrogen (secondary N) is 1. The Morgan fingerprint density at radius 3 is 2.73 bits per heavy atom. The highest BCUT2D eigenvalue weighted by Crippen LogP contribution is 2.30. The first-order valence-corrected chi connectivity index (χ1v) is 6.47. The molecule has 1 N–H and O–H groups in total. The third kappa shape index (κ3) is 2.44. The van der Waals surface area contributed by atoms with Crippen LogP contribution in [0.2, 0.25) is 0 Å². The summed E-state index contributed by atoms with van der Waals surface area (Å²) in [6, 6.07) is 1.24. The van der Waals surface area contributed by atoms with E-state index in [9.17, 15) is 13.2 Å². The van der Waals surface area contributed by atoms with Crippen molar-refractivity contribution in [2.24, 2.45) is 0 Å². The third-order valence-corrected chi connectivity index (χ3v) is 4.48. The first-order valence-electron chi connectivity index (χ1n) is 4.76. The lowest BCUT2D eigenvalue weighted by Crippen LogP contribution is -2.16. The van der Waals surface area contributed by atoms with Gasteiger partial charge in [0.25, 0.3) is 5.56 Å². The molecule has 1 aromatic rings. The van der Waals surface area contributed by atoms with Crippen molar-refractivity contribution < 1.29 is 8.42 Å². The molecule has 0 aliphatic heterocycles. The molecule has 6 heteroatoms. The van der Waals surface area contributed by atoms with Crippen LogP contribution in [0.5, 0.6) is 0 Å². The van der Waals surface area contributed by atoms with Crippen LogP contribution in [0.25, 0.3) is 0 Å². The zero-order valence-electron chi connectivity index (χ0n) is 8.36. The quantitative estimate of drug-likeness (QED) is 0.799. The Morgan fingerprint density at radius 2 is 2.20 bits per heavy atom. The third-order valence-electron chi connectivity index (χ3n) is 2.29. The van der Waals surface area contributed by atoms with E-state index in [0.717, 1.165) is 12.8 Å². The summed E-state index contributed by atoms with van der Waals surface area (Å²) in [5, 5.41) is -0.209. The van der Waals surface area contributed by atoms with Crippen LogP contribution in [0.1, 0.15) is 24.4 Å². The number of aryl methyl sites for hydroxylation is 1. The number of hydrogen-bond donors (Lipinski definition) is 1. The average molecular weight is 228 g/mol. The van der Waals surface area contributed by atoms with Gasteiger partial charge in [-0.15, -0.1) is 0 Å². The average Bonchev–Trinajstić information content (AvgIpc) is 2.80. The van der Waals surface area contributed by atoms with Gasteiger partial charge in [-0.3, -0.25) is 4.79 Å². The minimum atomic E-state index is -3.09. The van der Waals surface area contributed by atoms with Gasteiger partial charge in [0, 0.05) is 6.07 Å². The number of aromatic nitrogens is 2. The van der Waals surface area contributed by atoms with Crippen molar-refractivity contribution in [3.8, 4) is 0 Å². The van der Waals surface area contributed by atoms with Gasteiger partial charge in [-0.1, -0.05) is 0 Å². The summed E-state index contributed by atoms with van der Waals surface area (Å²) in [6.45, 7) is 1.63. The van der Waals surface area contributed by atoms with Crippen LogP contribution >= 0.6 is 0 Å². The molecule has 0 bridgehead atoms. The van der Waals surface area contributed by atoms with Gasteiger partial charge >= 0.3 is 0 Å². The Labute approximate surface area is 87.5 Å². The number of hydrogen-bond acceptors (Lipinski definition) is 4. The van der Waals surface area contributed by atoms with Crippen LogP contribution in [0.4, 0.5) is 0 Å². The van der Waals surface area contributed by atoms with Crippen LogP contribution in [0.3, 0.4) is 0 Å². The van der Waals surface area contributed by atoms with E-state index in [1.54, 1.807) is 6.92 Å². The molecule has 0 saturated heterocycles. The number of aromatic amines is 1. The molecule has 5 nitrogen and oxygen atoms in total. The van der Waals surface area contributed by atoms with E-state index in [4.69, 9.17) is 0 Å². The lowest BCUT2D eigenvalue weighted by Gasteiger charge is -2.02. The maximum atomic E-state index is 11.6. The number of nitrogens with zero attached hydrogens (tertiary/aromatic N) is 1. The zero-order valence-corrected chi connectivity index (χ0v) is 9.17. The highest BCUT2D eigenvalue weighted by Gasteiger charge is 2.35. The van der Waals surface area contributed by atoms with Crippen molar-refractivity contribution >= 4 is 9.84 Å². The molecule has 0 unspecified atom stereocenters. The number of sulfone groups is 1. The summed E-state index contributed by atoms with van der Waals surface area (Å²) in [6.07, 6.45) is 1.48. The van der Waals surface area contributed by atoms with Crippen molar-refractivity contribution in [1.82, 2.24) is 9.97 Å². The Kier molecular flexibility index (Phi) is 2.38. The molecule has 15 heavy (non-hydrogen) atoms. The highest BCUT2D eigenvalue weighted by atomic mass is 32.2. The number of rotatable bonds is 3. The van der Waals surface area contributed by atoms with E-state index >= 15 is 0 Å². The minimum absolute atomic E-state index is 0.123. The summed E-state index contributed by atoms with van der Waals surface area (Å²) in [7, 11) is -3.09. The number of H-pyrrole nitrogens is 1. The molecule has 0 atom stereocenters. The Hall–Kier alpha value is -1.17. The molecule has 2 rings (SSSR count). The van der Waals surface area contributed by atoms with Crippen molar-refractivity contribution in [2.45, 2.75) is 30.8 Å². The van der Waals surface area contributed by atoms with E-state index in [2.05, 4.69) is 9.97 Å². The fraction of sp³-hybridized carbons (Fsp3) is 0.556. The fourth-order valence-electron chi connectivity index (χ4n) is 1.47. The van der Waals surface area contributed by atoms with Gasteiger partial charge in [-0.2, -0.15) is 0 Å². The maximum absolute atomic E-state index is 11.6. The van der Waals surface area contributed by atoms with Crippen molar-refractivity contribution in [3.63, 3.8) is 0 Å². The van der Waals surface area contributed by atoms with Gasteiger partial charge < -0.3 is 4.98 Å². The zero-order chi connectivity index (χ0) is 11.1. The van der Waals surface area contributed by atoms with Crippen molar-refractivity contribution in [1.29, 1.82) is 0 Å². The minimum Gasteiger partial charge on any atom is -0.311 e. The summed E-state index contributed by atoms with van der Waals surface area (Å²) >= 11 is 0. The maximum Gasteiger partial charge on any atom is 0.251 e. The van der Waals surface area contributed by atoms with Gasteiger partial charge in [-0.25, -0.2) is 13.4 Å². The molecule has 0 aromatic carbocycles. The predicted molar refractivity (Wildman–Crippen MR) is 55.2 cm³/mol. The van der Waals surface area contributed by atoms with E-state index in [1.165, 1.54) is 6.07 Å². The van der Waals surface area contributed by atoms with Crippen LogP contribution in [0, 0.1) is 6.92 Å². The van der Waals surface area contributed by atoms with E-state index < -0.39 is 9.84 Å². The van der Waals surface area contributed by atoms with Gasteiger partial charge in [0.1, 0.15) is 5.82 Å². The van der Waals surface area contributed by atoms with Gasteiger partial charge in [0.05, 0.1) is 16.7 Å². The van der Waals surface area contributed by atoms with Gasteiger partial charge in [0.15, 0.2) is 9.84 Å². The molecule has 1 aliphatic carbocycles. The topological polar surface area (TPSA) is 79.9 Å². The fourth-order valence-corrected chi connectivity index (χ4v) is 3.12. The lowest BCUT2D eigenvalue weighted by atomic mass is 10.4. The molecule has 1 heterocycles. The van der Waals surface area contributed by atoms with Crippen molar-refractivity contribution in [2.75, 3.05) is 0 Å². The molecule has 1 aliphatic rings. The second-order valence-electron chi connectivity index (χ2n) is 3.83. The first kappa shape index (κ1) is 10.4. The molecule has 1 aromatic heterocycles. The van der Waals surface area contributed by atoms with Crippen LogP contribution in [-0.2, 0) is 15.6 Å². The molecule has 1 saturated carbocycles. The Morgan fingerprint density at radius 1 is 1.53 bits per heavy atom. The summed E-state index contributed by atoms with van der Waals surface area (Å²) in [5.74, 6) is 0.325. The lowest BCUT2D eigenvalue weighted by molar-refractivity contribution is 0.593. The standard InChI is InChI=1S/C9H12N2O3S/c1-6-10-7(4-9(12)11-6)5-15(13,14)8-2-3-8/h4,8H,2-3,5H2,1H3,(H,10,11,12). The molecule has 0 amide bonds. The smallest absolute Gasteiger partial charge is 0.251 e. The van der Waals surface area contributed by atoms with E-state index in [-0.39, 0.29) is 16.6 Å². The summed E-state index contributed by atoms with van der Waals surface area (Å²) in [4.78, 5) is 17.6. The van der Waals surface area contributed by atoms with Crippen LogP contribution in [0.15, 0.2) is 10.9 Å². The summed E-state index contributed by atoms with van der Waals surface area (Å²) in [5.41, 5.74) is 0.0339. The molecule has 1 fully saturated rings. The second kappa shape index (κ2) is 3.44.